The van der Waals surface area contributed by atoms with E-state index < -0.39 is 0 Å². The highest BCUT2D eigenvalue weighted by Gasteiger charge is 2.26. The number of hydrogen-bond acceptors (Lipinski definition) is 3. The van der Waals surface area contributed by atoms with E-state index in [1.54, 1.807) is 0 Å². The Hall–Kier alpha value is -1.55. The van der Waals surface area contributed by atoms with Crippen molar-refractivity contribution in [2.45, 2.75) is 32.6 Å². The van der Waals surface area contributed by atoms with E-state index in [1.165, 1.54) is 43.0 Å². The zero-order chi connectivity index (χ0) is 14.7. The van der Waals surface area contributed by atoms with Crippen LogP contribution in [0.4, 0.5) is 0 Å². The maximum Gasteiger partial charge on any atom is 0.286 e. The molecule has 1 aromatic carbocycles. The highest BCUT2D eigenvalue weighted by Crippen LogP contribution is 2.31. The number of benzene rings is 1. The molecule has 1 saturated heterocycles. The van der Waals surface area contributed by atoms with E-state index in [9.17, 15) is 4.79 Å². The summed E-state index contributed by atoms with van der Waals surface area (Å²) in [6.07, 6.45) is 6.92. The van der Waals surface area contributed by atoms with Gasteiger partial charge in [-0.2, -0.15) is 4.99 Å². The summed E-state index contributed by atoms with van der Waals surface area (Å²) in [4.78, 5) is 19.3. The average molecular weight is 300 g/mol. The molecule has 0 atom stereocenters. The Kier molecular flexibility index (Phi) is 4.44. The number of carbonyl (C=O) groups is 1. The Balaban J connectivity index is 1.73. The van der Waals surface area contributed by atoms with E-state index >= 15 is 0 Å². The SMILES string of the molecule is Cc1ccc(C=C2SC(N3CCCCCC3)=NC2=O)cc1. The Labute approximate surface area is 130 Å². The number of rotatable bonds is 1. The largest absolute Gasteiger partial charge is 0.351 e. The average Bonchev–Trinajstić information content (AvgIpc) is 2.69. The molecule has 0 aromatic heterocycles. The van der Waals surface area contributed by atoms with Crippen molar-refractivity contribution < 1.29 is 4.79 Å². The van der Waals surface area contributed by atoms with Crippen molar-refractivity contribution in [3.05, 3.63) is 40.3 Å². The predicted octanol–water partition coefficient (Wildman–Crippen LogP) is 3.84. The Bertz CT molecular complexity index is 581. The third-order valence-electron chi connectivity index (χ3n) is 3.86. The van der Waals surface area contributed by atoms with Gasteiger partial charge in [0.1, 0.15) is 0 Å². The molecule has 0 unspecified atom stereocenters. The Morgan fingerprint density at radius 3 is 2.43 bits per heavy atom. The van der Waals surface area contributed by atoms with Crippen LogP contribution in [0.3, 0.4) is 0 Å². The van der Waals surface area contributed by atoms with Crippen LogP contribution in [0.25, 0.3) is 6.08 Å². The molecule has 3 rings (SSSR count). The molecule has 1 amide bonds. The predicted molar refractivity (Wildman–Crippen MR) is 89.2 cm³/mol. The van der Waals surface area contributed by atoms with E-state index in [1.807, 2.05) is 18.2 Å². The number of amidine groups is 1. The lowest BCUT2D eigenvalue weighted by molar-refractivity contribution is -0.113. The molecule has 0 spiro atoms. The molecule has 0 aliphatic carbocycles. The van der Waals surface area contributed by atoms with Gasteiger partial charge in [-0.15, -0.1) is 0 Å². The summed E-state index contributed by atoms with van der Waals surface area (Å²) in [5, 5.41) is 0.889. The van der Waals surface area contributed by atoms with Crippen LogP contribution in [-0.2, 0) is 4.79 Å². The van der Waals surface area contributed by atoms with Crippen LogP contribution in [-0.4, -0.2) is 29.1 Å². The zero-order valence-corrected chi connectivity index (χ0v) is 13.2. The lowest BCUT2D eigenvalue weighted by Gasteiger charge is -2.20. The molecular formula is C17H20N2OS. The van der Waals surface area contributed by atoms with Crippen LogP contribution in [0.1, 0.15) is 36.8 Å². The third kappa shape index (κ3) is 3.56. The molecule has 0 bridgehead atoms. The maximum atomic E-state index is 12.1. The number of nitrogens with zero attached hydrogens (tertiary/aromatic N) is 2. The number of aliphatic imine (C=N–C) groups is 1. The molecule has 3 nitrogen and oxygen atoms in total. The van der Waals surface area contributed by atoms with Crippen molar-refractivity contribution in [1.82, 2.24) is 4.90 Å². The summed E-state index contributed by atoms with van der Waals surface area (Å²) >= 11 is 1.52. The maximum absolute atomic E-state index is 12.1. The minimum Gasteiger partial charge on any atom is -0.351 e. The quantitative estimate of drug-likeness (QED) is 0.739. The van der Waals surface area contributed by atoms with Gasteiger partial charge in [-0.1, -0.05) is 42.7 Å². The summed E-state index contributed by atoms with van der Waals surface area (Å²) < 4.78 is 0. The first kappa shape index (κ1) is 14.4. The van der Waals surface area contributed by atoms with Gasteiger partial charge < -0.3 is 4.90 Å². The Morgan fingerprint density at radius 2 is 1.76 bits per heavy atom. The van der Waals surface area contributed by atoms with Crippen molar-refractivity contribution in [3.8, 4) is 0 Å². The van der Waals surface area contributed by atoms with E-state index in [-0.39, 0.29) is 5.91 Å². The smallest absolute Gasteiger partial charge is 0.286 e. The number of likely N-dealkylation sites (tertiary alicyclic amines) is 1. The molecule has 1 aromatic rings. The molecule has 21 heavy (non-hydrogen) atoms. The van der Waals surface area contributed by atoms with Crippen LogP contribution in [0.15, 0.2) is 34.2 Å². The summed E-state index contributed by atoms with van der Waals surface area (Å²) in [6.45, 7) is 4.11. The second-order valence-electron chi connectivity index (χ2n) is 5.62. The van der Waals surface area contributed by atoms with Gasteiger partial charge in [0.25, 0.3) is 5.91 Å². The number of hydrogen-bond donors (Lipinski definition) is 0. The number of aryl methyl sites for hydroxylation is 1. The van der Waals surface area contributed by atoms with Gasteiger partial charge in [-0.25, -0.2) is 0 Å². The van der Waals surface area contributed by atoms with Crippen LogP contribution in [0.2, 0.25) is 0 Å². The van der Waals surface area contributed by atoms with E-state index in [0.717, 1.165) is 28.7 Å². The van der Waals surface area contributed by atoms with E-state index in [2.05, 4.69) is 28.9 Å². The fraction of sp³-hybridized carbons (Fsp3) is 0.412. The molecular weight excluding hydrogens is 280 g/mol. The van der Waals surface area contributed by atoms with E-state index in [0.29, 0.717) is 0 Å². The number of carbonyl (C=O) groups excluding carboxylic acids is 1. The first-order valence-corrected chi connectivity index (χ1v) is 8.38. The minimum atomic E-state index is -0.0974. The summed E-state index contributed by atoms with van der Waals surface area (Å²) in [6, 6.07) is 8.21. The van der Waals surface area contributed by atoms with E-state index in [4.69, 9.17) is 0 Å². The molecule has 1 fully saturated rings. The van der Waals surface area contributed by atoms with Crippen molar-refractivity contribution in [2.75, 3.05) is 13.1 Å². The summed E-state index contributed by atoms with van der Waals surface area (Å²) in [7, 11) is 0. The van der Waals surface area contributed by atoms with Gasteiger partial charge in [0.2, 0.25) is 0 Å². The second kappa shape index (κ2) is 6.48. The highest BCUT2D eigenvalue weighted by molar-refractivity contribution is 8.18. The topological polar surface area (TPSA) is 32.7 Å². The van der Waals surface area contributed by atoms with Crippen LogP contribution >= 0.6 is 11.8 Å². The van der Waals surface area contributed by atoms with Crippen molar-refractivity contribution in [3.63, 3.8) is 0 Å². The fourth-order valence-corrected chi connectivity index (χ4v) is 3.57. The Morgan fingerprint density at radius 1 is 1.10 bits per heavy atom. The number of thioether (sulfide) groups is 1. The standard InChI is InChI=1S/C17H20N2OS/c1-13-6-8-14(9-7-13)12-15-16(20)18-17(21-15)19-10-4-2-3-5-11-19/h6-9,12H,2-5,10-11H2,1H3. The van der Waals surface area contributed by atoms with Gasteiger partial charge >= 0.3 is 0 Å². The van der Waals surface area contributed by atoms with Crippen molar-refractivity contribution in [2.24, 2.45) is 4.99 Å². The first-order valence-electron chi connectivity index (χ1n) is 7.56. The summed E-state index contributed by atoms with van der Waals surface area (Å²) in [5.74, 6) is -0.0974. The fourth-order valence-electron chi connectivity index (χ4n) is 2.61. The van der Waals surface area contributed by atoms with Crippen LogP contribution < -0.4 is 0 Å². The first-order chi connectivity index (χ1) is 10.2. The molecule has 0 radical (unpaired) electrons. The lowest BCUT2D eigenvalue weighted by Crippen LogP contribution is -2.28. The van der Waals surface area contributed by atoms with Crippen molar-refractivity contribution in [1.29, 1.82) is 0 Å². The van der Waals surface area contributed by atoms with Gasteiger partial charge in [0.15, 0.2) is 5.17 Å². The zero-order valence-electron chi connectivity index (χ0n) is 12.3. The molecule has 4 heteroatoms. The lowest BCUT2D eigenvalue weighted by atomic mass is 10.1. The molecule has 110 valence electrons. The molecule has 0 saturated carbocycles. The van der Waals surface area contributed by atoms with Crippen molar-refractivity contribution >= 4 is 28.9 Å². The minimum absolute atomic E-state index is 0.0974. The highest BCUT2D eigenvalue weighted by atomic mass is 32.2. The monoisotopic (exact) mass is 300 g/mol. The van der Waals surface area contributed by atoms with Gasteiger partial charge in [0.05, 0.1) is 4.91 Å². The van der Waals surface area contributed by atoms with Crippen LogP contribution in [0, 0.1) is 6.92 Å². The number of amides is 1. The molecule has 2 heterocycles. The summed E-state index contributed by atoms with van der Waals surface area (Å²) in [5.41, 5.74) is 2.29. The van der Waals surface area contributed by atoms with Crippen LogP contribution in [0.5, 0.6) is 0 Å². The molecule has 2 aliphatic rings. The second-order valence-corrected chi connectivity index (χ2v) is 6.63. The normalized spacial score (nSPS) is 21.6. The molecule has 0 N–H and O–H groups in total. The van der Waals surface area contributed by atoms with Gasteiger partial charge in [-0.3, -0.25) is 4.79 Å². The third-order valence-corrected chi connectivity index (χ3v) is 4.91. The molecule has 2 aliphatic heterocycles. The van der Waals surface area contributed by atoms with Gasteiger partial charge in [0, 0.05) is 13.1 Å². The van der Waals surface area contributed by atoms with Gasteiger partial charge in [-0.05, 0) is 43.2 Å².